The van der Waals surface area contributed by atoms with Gasteiger partial charge in [0.2, 0.25) is 5.91 Å². The molecule has 0 atom stereocenters. The number of para-hydroxylation sites is 1. The molecule has 0 bridgehead atoms. The van der Waals surface area contributed by atoms with E-state index in [-0.39, 0.29) is 17.9 Å². The Balaban J connectivity index is 1.71. The molecule has 1 saturated carbocycles. The first-order chi connectivity index (χ1) is 11.5. The number of hydrogen-bond acceptors (Lipinski definition) is 3. The second-order valence-corrected chi connectivity index (χ2v) is 6.60. The number of nitrogens with zero attached hydrogens (tertiary/aromatic N) is 2. The van der Waals surface area contributed by atoms with E-state index in [4.69, 9.17) is 11.6 Å². The summed E-state index contributed by atoms with van der Waals surface area (Å²) in [5, 5.41) is 17.0. The van der Waals surface area contributed by atoms with Crippen LogP contribution in [0.25, 0.3) is 11.8 Å². The lowest BCUT2D eigenvalue weighted by atomic mass is 10.1. The molecule has 2 N–H and O–H groups in total. The van der Waals surface area contributed by atoms with E-state index in [2.05, 4.69) is 10.4 Å². The maximum atomic E-state index is 12.0. The van der Waals surface area contributed by atoms with Crippen molar-refractivity contribution < 1.29 is 9.90 Å². The van der Waals surface area contributed by atoms with Crippen molar-refractivity contribution in [2.45, 2.75) is 19.8 Å². The Morgan fingerprint density at radius 1 is 1.42 bits per heavy atom. The molecular weight excluding hydrogens is 326 g/mol. The van der Waals surface area contributed by atoms with E-state index >= 15 is 0 Å². The maximum Gasteiger partial charge on any atom is 0.244 e. The summed E-state index contributed by atoms with van der Waals surface area (Å²) >= 11 is 6.41. The van der Waals surface area contributed by atoms with Gasteiger partial charge in [0.05, 0.1) is 18.0 Å². The highest BCUT2D eigenvalue weighted by atomic mass is 35.5. The van der Waals surface area contributed by atoms with Crippen molar-refractivity contribution in [2.75, 3.05) is 13.2 Å². The van der Waals surface area contributed by atoms with Crippen LogP contribution in [0.1, 0.15) is 24.1 Å². The molecule has 0 spiro atoms. The molecule has 0 aliphatic heterocycles. The Hall–Kier alpha value is -2.11. The molecule has 1 heterocycles. The molecular formula is C18H20ClN3O2. The maximum absolute atomic E-state index is 12.0. The second-order valence-electron chi connectivity index (χ2n) is 6.25. The molecule has 2 aromatic rings. The van der Waals surface area contributed by atoms with Crippen LogP contribution in [0.15, 0.2) is 36.4 Å². The zero-order valence-electron chi connectivity index (χ0n) is 13.5. The molecule has 5 nitrogen and oxygen atoms in total. The summed E-state index contributed by atoms with van der Waals surface area (Å²) in [7, 11) is 0. The fourth-order valence-corrected chi connectivity index (χ4v) is 2.84. The van der Waals surface area contributed by atoms with E-state index in [9.17, 15) is 9.90 Å². The van der Waals surface area contributed by atoms with Gasteiger partial charge < -0.3 is 10.4 Å². The van der Waals surface area contributed by atoms with Crippen molar-refractivity contribution in [3.05, 3.63) is 52.8 Å². The summed E-state index contributed by atoms with van der Waals surface area (Å²) in [6.07, 6.45) is 5.06. The number of carbonyl (C=O) groups is 1. The number of benzene rings is 1. The van der Waals surface area contributed by atoms with Crippen molar-refractivity contribution in [3.63, 3.8) is 0 Å². The number of aryl methyl sites for hydroxylation is 1. The molecule has 1 aromatic carbocycles. The standard InChI is InChI=1S/C18H20ClN3O2/c1-13-15(7-8-16(24)20-11-18(12-23)9-10-18)17(19)22(21-13)14-5-3-2-4-6-14/h2-8,23H,9-12H2,1H3,(H,20,24)/b8-7+. The zero-order chi connectivity index (χ0) is 17.2. The van der Waals surface area contributed by atoms with Crippen molar-refractivity contribution in [2.24, 2.45) is 5.41 Å². The molecule has 1 aliphatic carbocycles. The molecule has 0 radical (unpaired) electrons. The summed E-state index contributed by atoms with van der Waals surface area (Å²) in [6, 6.07) is 9.60. The largest absolute Gasteiger partial charge is 0.396 e. The number of halogens is 1. The number of nitrogens with one attached hydrogen (secondary N) is 1. The van der Waals surface area contributed by atoms with Crippen molar-refractivity contribution in [3.8, 4) is 5.69 Å². The van der Waals surface area contributed by atoms with Crippen LogP contribution in [0.2, 0.25) is 5.15 Å². The minimum atomic E-state index is -0.197. The van der Waals surface area contributed by atoms with Crippen LogP contribution < -0.4 is 5.32 Å². The number of amides is 1. The number of aliphatic hydroxyl groups is 1. The summed E-state index contributed by atoms with van der Waals surface area (Å²) in [4.78, 5) is 12.0. The molecule has 24 heavy (non-hydrogen) atoms. The van der Waals surface area contributed by atoms with Gasteiger partial charge in [0, 0.05) is 23.6 Å². The smallest absolute Gasteiger partial charge is 0.244 e. The predicted molar refractivity (Wildman–Crippen MR) is 94.1 cm³/mol. The first kappa shape index (κ1) is 16.7. The Morgan fingerprint density at radius 3 is 2.75 bits per heavy atom. The molecule has 1 amide bonds. The fraction of sp³-hybridized carbons (Fsp3) is 0.333. The van der Waals surface area contributed by atoms with Crippen molar-refractivity contribution in [1.29, 1.82) is 0 Å². The average molecular weight is 346 g/mol. The Labute approximate surface area is 145 Å². The summed E-state index contributed by atoms with van der Waals surface area (Å²) in [5.41, 5.74) is 2.24. The van der Waals surface area contributed by atoms with Gasteiger partial charge in [-0.15, -0.1) is 0 Å². The number of aromatic nitrogens is 2. The van der Waals surface area contributed by atoms with Crippen LogP contribution in [-0.4, -0.2) is 33.9 Å². The second kappa shape index (κ2) is 6.79. The SMILES string of the molecule is Cc1nn(-c2ccccc2)c(Cl)c1/C=C/C(=O)NCC1(CO)CC1. The highest BCUT2D eigenvalue weighted by molar-refractivity contribution is 6.31. The normalized spacial score (nSPS) is 15.6. The third-order valence-corrected chi connectivity index (χ3v) is 4.74. The van der Waals surface area contributed by atoms with Gasteiger partial charge in [-0.3, -0.25) is 4.79 Å². The summed E-state index contributed by atoms with van der Waals surface area (Å²) in [5.74, 6) is -0.197. The van der Waals surface area contributed by atoms with Crippen LogP contribution in [0.4, 0.5) is 0 Å². The monoisotopic (exact) mass is 345 g/mol. The first-order valence-corrected chi connectivity index (χ1v) is 8.30. The van der Waals surface area contributed by atoms with Gasteiger partial charge in [-0.25, -0.2) is 4.68 Å². The summed E-state index contributed by atoms with van der Waals surface area (Å²) in [6.45, 7) is 2.47. The number of carbonyl (C=O) groups excluding carboxylic acids is 1. The number of rotatable bonds is 6. The third kappa shape index (κ3) is 3.52. The van der Waals surface area contributed by atoms with Crippen LogP contribution in [0.3, 0.4) is 0 Å². The Bertz CT molecular complexity index is 764. The number of aliphatic hydroxyl groups excluding tert-OH is 1. The van der Waals surface area contributed by atoms with E-state index in [0.29, 0.717) is 11.7 Å². The molecule has 6 heteroatoms. The lowest BCUT2D eigenvalue weighted by Crippen LogP contribution is -2.30. The van der Waals surface area contributed by atoms with Crippen molar-refractivity contribution >= 4 is 23.6 Å². The summed E-state index contributed by atoms with van der Waals surface area (Å²) < 4.78 is 1.65. The van der Waals surface area contributed by atoms with Crippen LogP contribution >= 0.6 is 11.6 Å². The van der Waals surface area contributed by atoms with Gasteiger partial charge >= 0.3 is 0 Å². The van der Waals surface area contributed by atoms with Gasteiger partial charge in [0.1, 0.15) is 5.15 Å². The Kier molecular flexibility index (Phi) is 4.73. The third-order valence-electron chi connectivity index (χ3n) is 4.38. The Morgan fingerprint density at radius 2 is 2.12 bits per heavy atom. The van der Waals surface area contributed by atoms with E-state index < -0.39 is 0 Å². The van der Waals surface area contributed by atoms with Gasteiger partial charge in [-0.2, -0.15) is 5.10 Å². The fourth-order valence-electron chi connectivity index (χ4n) is 2.50. The molecule has 1 aliphatic rings. The van der Waals surface area contributed by atoms with Crippen LogP contribution in [-0.2, 0) is 4.79 Å². The van der Waals surface area contributed by atoms with Crippen LogP contribution in [0, 0.1) is 12.3 Å². The molecule has 1 fully saturated rings. The highest BCUT2D eigenvalue weighted by Gasteiger charge is 2.41. The topological polar surface area (TPSA) is 67.2 Å². The van der Waals surface area contributed by atoms with E-state index in [0.717, 1.165) is 29.8 Å². The van der Waals surface area contributed by atoms with Crippen molar-refractivity contribution in [1.82, 2.24) is 15.1 Å². The van der Waals surface area contributed by atoms with Crippen LogP contribution in [0.5, 0.6) is 0 Å². The van der Waals surface area contributed by atoms with E-state index in [1.165, 1.54) is 6.08 Å². The molecule has 0 unspecified atom stereocenters. The number of hydrogen-bond donors (Lipinski definition) is 2. The lowest BCUT2D eigenvalue weighted by molar-refractivity contribution is -0.116. The average Bonchev–Trinajstić information content (AvgIpc) is 3.33. The first-order valence-electron chi connectivity index (χ1n) is 7.92. The van der Waals surface area contributed by atoms with Gasteiger partial charge in [0.25, 0.3) is 0 Å². The molecule has 1 aromatic heterocycles. The zero-order valence-corrected chi connectivity index (χ0v) is 14.3. The van der Waals surface area contributed by atoms with Gasteiger partial charge in [0.15, 0.2) is 0 Å². The minimum absolute atomic E-state index is 0.102. The highest BCUT2D eigenvalue weighted by Crippen LogP contribution is 2.44. The quantitative estimate of drug-likeness (QED) is 0.791. The predicted octanol–water partition coefficient (Wildman–Crippen LogP) is 2.74. The van der Waals surface area contributed by atoms with Gasteiger partial charge in [-0.05, 0) is 38.0 Å². The van der Waals surface area contributed by atoms with E-state index in [1.54, 1.807) is 10.8 Å². The molecule has 3 rings (SSSR count). The molecule has 0 saturated heterocycles. The lowest BCUT2D eigenvalue weighted by Gasteiger charge is -2.11. The minimum Gasteiger partial charge on any atom is -0.396 e. The van der Waals surface area contributed by atoms with Gasteiger partial charge in [-0.1, -0.05) is 29.8 Å². The molecule has 126 valence electrons. The van der Waals surface area contributed by atoms with E-state index in [1.807, 2.05) is 37.3 Å².